The van der Waals surface area contributed by atoms with Crippen molar-refractivity contribution < 1.29 is 9.47 Å². The molecule has 0 saturated heterocycles. The highest BCUT2D eigenvalue weighted by Crippen LogP contribution is 2.18. The molecular formula is C6H12ClIO2. The third-order valence-corrected chi connectivity index (χ3v) is 3.31. The molecule has 0 fully saturated rings. The van der Waals surface area contributed by atoms with E-state index in [2.05, 4.69) is 22.6 Å². The topological polar surface area (TPSA) is 18.5 Å². The van der Waals surface area contributed by atoms with Crippen LogP contribution in [0.15, 0.2) is 0 Å². The second-order valence-electron chi connectivity index (χ2n) is 2.15. The van der Waals surface area contributed by atoms with Gasteiger partial charge in [0.15, 0.2) is 0 Å². The minimum Gasteiger partial charge on any atom is -0.383 e. The van der Waals surface area contributed by atoms with E-state index in [0.29, 0.717) is 13.2 Å². The molecule has 0 N–H and O–H groups in total. The van der Waals surface area contributed by atoms with Crippen molar-refractivity contribution in [3.05, 3.63) is 0 Å². The molecule has 4 heteroatoms. The van der Waals surface area contributed by atoms with Crippen molar-refractivity contribution in [1.82, 2.24) is 0 Å². The Balaban J connectivity index is 3.69. The predicted octanol–water partition coefficient (Wildman–Crippen LogP) is 1.69. The molecule has 0 aliphatic carbocycles. The molecule has 0 radical (unpaired) electrons. The molecule has 0 heterocycles. The Morgan fingerprint density at radius 3 is 1.90 bits per heavy atom. The van der Waals surface area contributed by atoms with Gasteiger partial charge < -0.3 is 9.47 Å². The summed E-state index contributed by atoms with van der Waals surface area (Å²) in [5.41, 5.74) is 0. The minimum absolute atomic E-state index is 0.343. The van der Waals surface area contributed by atoms with E-state index in [1.165, 1.54) is 0 Å². The van der Waals surface area contributed by atoms with Crippen LogP contribution in [0.1, 0.15) is 0 Å². The average molecular weight is 279 g/mol. The molecule has 0 aliphatic rings. The highest BCUT2D eigenvalue weighted by Gasteiger charge is 2.25. The Labute approximate surface area is 80.4 Å². The molecule has 0 atom stereocenters. The van der Waals surface area contributed by atoms with Crippen LogP contribution in [0.3, 0.4) is 0 Å². The number of halogens is 2. The summed E-state index contributed by atoms with van der Waals surface area (Å²) in [6.45, 7) is 1.07. The smallest absolute Gasteiger partial charge is 0.0999 e. The Morgan fingerprint density at radius 1 is 1.30 bits per heavy atom. The number of rotatable bonds is 5. The van der Waals surface area contributed by atoms with E-state index < -0.39 is 0 Å². The summed E-state index contributed by atoms with van der Waals surface area (Å²) in [6.07, 6.45) is 0. The first-order valence-corrected chi connectivity index (χ1v) is 4.81. The van der Waals surface area contributed by atoms with Crippen LogP contribution in [0.2, 0.25) is 0 Å². The summed E-state index contributed by atoms with van der Waals surface area (Å²) >= 11 is 8.29. The van der Waals surface area contributed by atoms with Crippen LogP contribution in [-0.4, -0.2) is 36.7 Å². The third kappa shape index (κ3) is 3.95. The Kier molecular flexibility index (Phi) is 6.10. The summed E-state index contributed by atoms with van der Waals surface area (Å²) in [4.78, 5) is -0.343. The lowest BCUT2D eigenvalue weighted by Gasteiger charge is -2.22. The molecule has 0 saturated carbocycles. The largest absolute Gasteiger partial charge is 0.383 e. The van der Waals surface area contributed by atoms with Gasteiger partial charge in [0.2, 0.25) is 0 Å². The molecule has 0 rings (SSSR count). The molecule has 0 bridgehead atoms. The normalized spacial score (nSPS) is 12.0. The van der Waals surface area contributed by atoms with Gasteiger partial charge in [-0.2, -0.15) is 0 Å². The van der Waals surface area contributed by atoms with E-state index in [4.69, 9.17) is 21.1 Å². The van der Waals surface area contributed by atoms with Crippen LogP contribution in [0.5, 0.6) is 0 Å². The number of hydrogen-bond acceptors (Lipinski definition) is 2. The molecule has 2 nitrogen and oxygen atoms in total. The Morgan fingerprint density at radius 2 is 1.70 bits per heavy atom. The van der Waals surface area contributed by atoms with Gasteiger partial charge >= 0.3 is 0 Å². The average Bonchev–Trinajstić information content (AvgIpc) is 1.89. The molecule has 0 aromatic carbocycles. The van der Waals surface area contributed by atoms with Gasteiger partial charge in [-0.15, -0.1) is 11.6 Å². The van der Waals surface area contributed by atoms with Crippen LogP contribution < -0.4 is 0 Å². The molecule has 0 aromatic heterocycles. The highest BCUT2D eigenvalue weighted by atomic mass is 127. The van der Waals surface area contributed by atoms with E-state index in [9.17, 15) is 0 Å². The zero-order chi connectivity index (χ0) is 8.04. The van der Waals surface area contributed by atoms with Gasteiger partial charge in [-0.1, -0.05) is 22.6 Å². The second-order valence-corrected chi connectivity index (χ2v) is 3.72. The van der Waals surface area contributed by atoms with Gasteiger partial charge in [0, 0.05) is 18.6 Å². The monoisotopic (exact) mass is 278 g/mol. The maximum Gasteiger partial charge on any atom is 0.0999 e. The van der Waals surface area contributed by atoms with Crippen molar-refractivity contribution >= 4 is 34.2 Å². The number of ether oxygens (including phenoxy) is 2. The lowest BCUT2D eigenvalue weighted by Crippen LogP contribution is -2.34. The van der Waals surface area contributed by atoms with Crippen molar-refractivity contribution in [2.45, 2.75) is 4.87 Å². The first-order valence-electron chi connectivity index (χ1n) is 2.91. The zero-order valence-corrected chi connectivity index (χ0v) is 9.11. The third-order valence-electron chi connectivity index (χ3n) is 1.05. The molecule has 0 spiro atoms. The molecule has 0 aromatic rings. The van der Waals surface area contributed by atoms with Gasteiger partial charge in [0.1, 0.15) is 0 Å². The fourth-order valence-corrected chi connectivity index (χ4v) is 1.29. The summed E-state index contributed by atoms with van der Waals surface area (Å²) < 4.78 is 10.7. The number of methoxy groups -OCH3 is 2. The van der Waals surface area contributed by atoms with Crippen molar-refractivity contribution in [1.29, 1.82) is 0 Å². The van der Waals surface area contributed by atoms with Gasteiger partial charge in [-0.3, -0.25) is 0 Å². The summed E-state index contributed by atoms with van der Waals surface area (Å²) in [5.74, 6) is 0. The van der Waals surface area contributed by atoms with Gasteiger partial charge in [0.25, 0.3) is 0 Å². The lowest BCUT2D eigenvalue weighted by molar-refractivity contribution is 0.110. The Hall–Kier alpha value is 0.940. The van der Waals surface area contributed by atoms with Crippen LogP contribution in [0.25, 0.3) is 0 Å². The second kappa shape index (κ2) is 5.57. The van der Waals surface area contributed by atoms with E-state index >= 15 is 0 Å². The van der Waals surface area contributed by atoms with Crippen LogP contribution in [0.4, 0.5) is 0 Å². The van der Waals surface area contributed by atoms with Gasteiger partial charge in [0.05, 0.1) is 18.1 Å². The van der Waals surface area contributed by atoms with Crippen molar-refractivity contribution in [2.75, 3.05) is 31.9 Å². The number of alkyl halides is 2. The molecule has 62 valence electrons. The molecule has 0 aliphatic heterocycles. The van der Waals surface area contributed by atoms with E-state index in [1.807, 2.05) is 0 Å². The molecule has 0 unspecified atom stereocenters. The lowest BCUT2D eigenvalue weighted by atomic mass is 10.2. The molecule has 0 amide bonds. The summed E-state index contributed by atoms with van der Waals surface area (Å²) in [5, 5.41) is 0. The Bertz CT molecular complexity index is 83.8. The zero-order valence-electron chi connectivity index (χ0n) is 6.19. The van der Waals surface area contributed by atoms with E-state index in [1.54, 1.807) is 14.2 Å². The SMILES string of the molecule is COCC(Cl)(CI)COC. The van der Waals surface area contributed by atoms with Gasteiger partial charge in [-0.05, 0) is 0 Å². The fourth-order valence-electron chi connectivity index (χ4n) is 0.636. The van der Waals surface area contributed by atoms with Crippen LogP contribution >= 0.6 is 34.2 Å². The fraction of sp³-hybridized carbons (Fsp3) is 1.00. The quantitative estimate of drug-likeness (QED) is 0.563. The number of hydrogen-bond donors (Lipinski definition) is 0. The van der Waals surface area contributed by atoms with E-state index in [0.717, 1.165) is 4.43 Å². The maximum absolute atomic E-state index is 6.07. The van der Waals surface area contributed by atoms with Crippen LogP contribution in [-0.2, 0) is 9.47 Å². The van der Waals surface area contributed by atoms with Crippen LogP contribution in [0, 0.1) is 0 Å². The van der Waals surface area contributed by atoms with Crippen molar-refractivity contribution in [3.8, 4) is 0 Å². The van der Waals surface area contributed by atoms with Crippen molar-refractivity contribution in [3.63, 3.8) is 0 Å². The predicted molar refractivity (Wildman–Crippen MR) is 51.2 cm³/mol. The molecule has 10 heavy (non-hydrogen) atoms. The highest BCUT2D eigenvalue weighted by molar-refractivity contribution is 14.1. The van der Waals surface area contributed by atoms with E-state index in [-0.39, 0.29) is 4.87 Å². The first-order chi connectivity index (χ1) is 4.68. The first kappa shape index (κ1) is 10.9. The maximum atomic E-state index is 6.07. The van der Waals surface area contributed by atoms with Crippen molar-refractivity contribution in [2.24, 2.45) is 0 Å². The van der Waals surface area contributed by atoms with Gasteiger partial charge in [-0.25, -0.2) is 0 Å². The minimum atomic E-state index is -0.343. The standard InChI is InChI=1S/C6H12ClIO2/c1-9-4-6(7,3-8)5-10-2/h3-5H2,1-2H3. The summed E-state index contributed by atoms with van der Waals surface area (Å²) in [7, 11) is 3.28. The molecular weight excluding hydrogens is 266 g/mol. The summed E-state index contributed by atoms with van der Waals surface area (Å²) in [6, 6.07) is 0.